The zero-order valence-corrected chi connectivity index (χ0v) is 12.0. The van der Waals surface area contributed by atoms with Gasteiger partial charge in [-0.2, -0.15) is 0 Å². The first kappa shape index (κ1) is 17.1. The molecule has 0 unspecified atom stereocenters. The summed E-state index contributed by atoms with van der Waals surface area (Å²) in [5, 5.41) is 11.3. The molecule has 1 aromatic carbocycles. The van der Waals surface area contributed by atoms with E-state index < -0.39 is 11.6 Å². The molecule has 118 valence electrons. The van der Waals surface area contributed by atoms with Gasteiger partial charge in [0.2, 0.25) is 0 Å². The van der Waals surface area contributed by atoms with Crippen molar-refractivity contribution in [3.05, 3.63) is 29.3 Å². The van der Waals surface area contributed by atoms with Crippen LogP contribution in [0.2, 0.25) is 0 Å². The third-order valence-corrected chi connectivity index (χ3v) is 2.87. The van der Waals surface area contributed by atoms with Crippen LogP contribution >= 0.6 is 0 Å². The number of nitrogens with two attached hydrogens (primary N) is 1. The van der Waals surface area contributed by atoms with E-state index in [1.54, 1.807) is 0 Å². The molecule has 0 saturated carbocycles. The Kier molecular flexibility index (Phi) is 6.83. The third kappa shape index (κ3) is 4.54. The average molecular weight is 303 g/mol. The lowest BCUT2D eigenvalue weighted by Gasteiger charge is -2.25. The number of benzene rings is 1. The van der Waals surface area contributed by atoms with Crippen LogP contribution < -0.4 is 10.6 Å². The number of oxime groups is 1. The number of nitrogens with zero attached hydrogens (tertiary/aromatic N) is 2. The summed E-state index contributed by atoms with van der Waals surface area (Å²) < 4.78 is 38.2. The number of hydrogen-bond donors (Lipinski definition) is 2. The number of methoxy groups -OCH3 is 2. The molecule has 1 rings (SSSR count). The zero-order valence-electron chi connectivity index (χ0n) is 12.0. The molecule has 6 nitrogen and oxygen atoms in total. The maximum absolute atomic E-state index is 14.2. The first-order valence-corrected chi connectivity index (χ1v) is 6.24. The Morgan fingerprint density at radius 1 is 1.19 bits per heavy atom. The molecule has 0 heterocycles. The molecule has 0 bridgehead atoms. The van der Waals surface area contributed by atoms with Crippen molar-refractivity contribution >= 4 is 11.5 Å². The fourth-order valence-electron chi connectivity index (χ4n) is 1.81. The molecule has 0 saturated heterocycles. The number of ether oxygens (including phenoxy) is 2. The second kappa shape index (κ2) is 8.38. The van der Waals surface area contributed by atoms with Crippen molar-refractivity contribution in [2.24, 2.45) is 10.9 Å². The lowest BCUT2D eigenvalue weighted by Crippen LogP contribution is -2.32. The van der Waals surface area contributed by atoms with Gasteiger partial charge >= 0.3 is 0 Å². The molecule has 0 aliphatic heterocycles. The van der Waals surface area contributed by atoms with Gasteiger partial charge in [-0.25, -0.2) is 8.78 Å². The van der Waals surface area contributed by atoms with Gasteiger partial charge < -0.3 is 25.3 Å². The Hall–Kier alpha value is -1.93. The van der Waals surface area contributed by atoms with Gasteiger partial charge in [0.15, 0.2) is 5.84 Å². The number of rotatable bonds is 8. The minimum absolute atomic E-state index is 0.0327. The Labute approximate surface area is 121 Å². The van der Waals surface area contributed by atoms with E-state index in [0.717, 1.165) is 12.1 Å². The topological polar surface area (TPSA) is 80.3 Å². The van der Waals surface area contributed by atoms with Gasteiger partial charge in [0.25, 0.3) is 0 Å². The largest absolute Gasteiger partial charge is 0.409 e. The van der Waals surface area contributed by atoms with Gasteiger partial charge in [0, 0.05) is 32.9 Å². The second-order valence-electron chi connectivity index (χ2n) is 4.25. The smallest absolute Gasteiger partial charge is 0.170 e. The summed E-state index contributed by atoms with van der Waals surface area (Å²) in [6.45, 7) is 1.22. The quantitative estimate of drug-likeness (QED) is 0.326. The van der Waals surface area contributed by atoms with Crippen LogP contribution in [0.1, 0.15) is 5.56 Å². The molecule has 21 heavy (non-hydrogen) atoms. The molecule has 0 radical (unpaired) electrons. The number of halogens is 2. The lowest BCUT2D eigenvalue weighted by atomic mass is 10.1. The standard InChI is InChI=1S/C13H19F2N3O3/c1-20-5-3-18(4-6-21-2)12-10(14)7-9(8-11(12)15)13(16)17-19/h7-8,19H,3-6H2,1-2H3,(H2,16,17). The summed E-state index contributed by atoms with van der Waals surface area (Å²) >= 11 is 0. The Bertz CT molecular complexity index is 467. The fraction of sp³-hybridized carbons (Fsp3) is 0.462. The molecule has 0 aromatic heterocycles. The Morgan fingerprint density at radius 2 is 1.67 bits per heavy atom. The molecule has 0 atom stereocenters. The first-order chi connectivity index (χ1) is 10.0. The highest BCUT2D eigenvalue weighted by Crippen LogP contribution is 2.25. The van der Waals surface area contributed by atoms with Crippen molar-refractivity contribution in [1.29, 1.82) is 0 Å². The van der Waals surface area contributed by atoms with E-state index in [4.69, 9.17) is 20.4 Å². The van der Waals surface area contributed by atoms with Crippen LogP contribution in [-0.2, 0) is 9.47 Å². The Morgan fingerprint density at radius 3 is 2.05 bits per heavy atom. The van der Waals surface area contributed by atoms with E-state index in [1.807, 2.05) is 0 Å². The number of hydrogen-bond acceptors (Lipinski definition) is 5. The lowest BCUT2D eigenvalue weighted by molar-refractivity contribution is 0.189. The highest BCUT2D eigenvalue weighted by atomic mass is 19.1. The van der Waals surface area contributed by atoms with E-state index in [-0.39, 0.29) is 17.1 Å². The minimum atomic E-state index is -0.802. The first-order valence-electron chi connectivity index (χ1n) is 6.24. The molecule has 0 aliphatic rings. The normalized spacial score (nSPS) is 11.7. The summed E-state index contributed by atoms with van der Waals surface area (Å²) in [5.41, 5.74) is 5.10. The van der Waals surface area contributed by atoms with Crippen LogP contribution in [0, 0.1) is 11.6 Å². The molecule has 8 heteroatoms. The minimum Gasteiger partial charge on any atom is -0.409 e. The molecular weight excluding hydrogens is 284 g/mol. The maximum Gasteiger partial charge on any atom is 0.170 e. The van der Waals surface area contributed by atoms with Crippen molar-refractivity contribution in [2.75, 3.05) is 45.4 Å². The summed E-state index contributed by atoms with van der Waals surface area (Å²) in [4.78, 5) is 1.48. The van der Waals surface area contributed by atoms with Crippen molar-refractivity contribution in [1.82, 2.24) is 0 Å². The van der Waals surface area contributed by atoms with E-state index >= 15 is 0 Å². The summed E-state index contributed by atoms with van der Waals surface area (Å²) in [5.74, 6) is -1.97. The van der Waals surface area contributed by atoms with Crippen LogP contribution in [-0.4, -0.2) is 51.6 Å². The molecule has 0 amide bonds. The molecule has 3 N–H and O–H groups in total. The van der Waals surface area contributed by atoms with E-state index in [0.29, 0.717) is 26.3 Å². The Balaban J connectivity index is 3.12. The average Bonchev–Trinajstić information content (AvgIpc) is 2.47. The van der Waals surface area contributed by atoms with Gasteiger partial charge in [-0.1, -0.05) is 5.16 Å². The fourth-order valence-corrected chi connectivity index (χ4v) is 1.81. The van der Waals surface area contributed by atoms with Crippen LogP contribution in [0.4, 0.5) is 14.5 Å². The van der Waals surface area contributed by atoms with E-state index in [1.165, 1.54) is 19.1 Å². The van der Waals surface area contributed by atoms with Gasteiger partial charge in [-0.05, 0) is 12.1 Å². The maximum atomic E-state index is 14.2. The zero-order chi connectivity index (χ0) is 15.8. The van der Waals surface area contributed by atoms with Crippen LogP contribution in [0.25, 0.3) is 0 Å². The predicted octanol–water partition coefficient (Wildman–Crippen LogP) is 1.16. The number of amidine groups is 1. The third-order valence-electron chi connectivity index (χ3n) is 2.87. The predicted molar refractivity (Wildman–Crippen MR) is 74.8 cm³/mol. The van der Waals surface area contributed by atoms with Crippen molar-refractivity contribution < 1.29 is 23.5 Å². The molecule has 0 aliphatic carbocycles. The van der Waals surface area contributed by atoms with Crippen molar-refractivity contribution in [2.45, 2.75) is 0 Å². The van der Waals surface area contributed by atoms with Crippen LogP contribution in [0.3, 0.4) is 0 Å². The van der Waals surface area contributed by atoms with Gasteiger partial charge in [0.05, 0.1) is 13.2 Å². The van der Waals surface area contributed by atoms with Gasteiger partial charge in [-0.3, -0.25) is 0 Å². The molecule has 0 fully saturated rings. The summed E-state index contributed by atoms with van der Waals surface area (Å²) in [6, 6.07) is 2.03. The second-order valence-corrected chi connectivity index (χ2v) is 4.25. The molecule has 0 spiro atoms. The van der Waals surface area contributed by atoms with E-state index in [2.05, 4.69) is 5.16 Å². The van der Waals surface area contributed by atoms with Gasteiger partial charge in [0.1, 0.15) is 17.3 Å². The van der Waals surface area contributed by atoms with Crippen molar-refractivity contribution in [3.63, 3.8) is 0 Å². The summed E-state index contributed by atoms with van der Waals surface area (Å²) in [6.07, 6.45) is 0. The van der Waals surface area contributed by atoms with E-state index in [9.17, 15) is 8.78 Å². The van der Waals surface area contributed by atoms with Crippen LogP contribution in [0.15, 0.2) is 17.3 Å². The number of anilines is 1. The molecular formula is C13H19F2N3O3. The van der Waals surface area contributed by atoms with Crippen LogP contribution in [0.5, 0.6) is 0 Å². The summed E-state index contributed by atoms with van der Waals surface area (Å²) in [7, 11) is 3.01. The van der Waals surface area contributed by atoms with Crippen molar-refractivity contribution in [3.8, 4) is 0 Å². The van der Waals surface area contributed by atoms with Gasteiger partial charge in [-0.15, -0.1) is 0 Å². The highest BCUT2D eigenvalue weighted by Gasteiger charge is 2.19. The molecule has 1 aromatic rings. The highest BCUT2D eigenvalue weighted by molar-refractivity contribution is 5.97. The SMILES string of the molecule is COCCN(CCOC)c1c(F)cc(C(N)=NO)cc1F. The monoisotopic (exact) mass is 303 g/mol.